The molecule has 1 fully saturated rings. The van der Waals surface area contributed by atoms with Crippen molar-refractivity contribution < 1.29 is 13.6 Å². The van der Waals surface area contributed by atoms with Crippen molar-refractivity contribution in [3.8, 4) is 0 Å². The van der Waals surface area contributed by atoms with Crippen molar-refractivity contribution in [1.82, 2.24) is 14.6 Å². The molecule has 0 aliphatic heterocycles. The van der Waals surface area contributed by atoms with Gasteiger partial charge in [-0.3, -0.25) is 4.79 Å². The molecule has 8 heteroatoms. The van der Waals surface area contributed by atoms with Gasteiger partial charge in [-0.1, -0.05) is 12.1 Å². The number of para-hydroxylation sites is 1. The second-order valence-electron chi connectivity index (χ2n) is 5.91. The molecule has 0 saturated heterocycles. The van der Waals surface area contributed by atoms with Gasteiger partial charge in [-0.15, -0.1) is 0 Å². The maximum absolute atomic E-state index is 13.4. The van der Waals surface area contributed by atoms with Gasteiger partial charge in [0.25, 0.3) is 12.3 Å². The Labute approximate surface area is 150 Å². The van der Waals surface area contributed by atoms with E-state index in [1.54, 1.807) is 18.2 Å². The van der Waals surface area contributed by atoms with E-state index >= 15 is 0 Å². The minimum Gasteiger partial charge on any atom is -0.321 e. The molecule has 0 radical (unpaired) electrons. The van der Waals surface area contributed by atoms with E-state index in [0.29, 0.717) is 11.4 Å². The molecule has 1 aliphatic rings. The van der Waals surface area contributed by atoms with Crippen molar-refractivity contribution in [2.24, 2.45) is 0 Å². The van der Waals surface area contributed by atoms with Crippen molar-refractivity contribution in [3.63, 3.8) is 0 Å². The number of carbonyl (C=O) groups excluding carboxylic acids is 1. The van der Waals surface area contributed by atoms with E-state index in [9.17, 15) is 13.6 Å². The number of nitrogens with zero attached hydrogens (tertiary/aromatic N) is 3. The Balaban J connectivity index is 1.77. The number of amides is 1. The molecule has 2 aromatic heterocycles. The quantitative estimate of drug-likeness (QED) is 0.690. The van der Waals surface area contributed by atoms with E-state index in [4.69, 9.17) is 0 Å². The third-order valence-corrected chi connectivity index (χ3v) is 4.80. The van der Waals surface area contributed by atoms with E-state index in [1.807, 2.05) is 6.07 Å². The lowest BCUT2D eigenvalue weighted by molar-refractivity contribution is 0.102. The summed E-state index contributed by atoms with van der Waals surface area (Å²) < 4.78 is 28.5. The minimum atomic E-state index is -2.69. The Morgan fingerprint density at radius 1 is 1.32 bits per heavy atom. The number of halogens is 3. The molecule has 0 unspecified atom stereocenters. The lowest BCUT2D eigenvalue weighted by Gasteiger charge is -2.08. The lowest BCUT2D eigenvalue weighted by atomic mass is 10.2. The van der Waals surface area contributed by atoms with Gasteiger partial charge in [0.15, 0.2) is 5.65 Å². The fraction of sp³-hybridized carbons (Fsp3) is 0.235. The van der Waals surface area contributed by atoms with E-state index in [0.717, 1.165) is 21.8 Å². The highest BCUT2D eigenvalue weighted by molar-refractivity contribution is 9.10. The van der Waals surface area contributed by atoms with Crippen LogP contribution in [0.4, 0.5) is 14.5 Å². The molecular weight excluding hydrogens is 394 g/mol. The molecule has 1 aliphatic carbocycles. The van der Waals surface area contributed by atoms with Crippen LogP contribution in [-0.4, -0.2) is 20.5 Å². The maximum atomic E-state index is 13.4. The second kappa shape index (κ2) is 6.18. The lowest BCUT2D eigenvalue weighted by Crippen LogP contribution is -2.13. The van der Waals surface area contributed by atoms with Crippen LogP contribution in [0.15, 0.2) is 41.0 Å². The number of carbonyl (C=O) groups is 1. The van der Waals surface area contributed by atoms with Crippen LogP contribution in [0.5, 0.6) is 0 Å². The standard InChI is InChI=1S/C17H13BrF2N4O/c18-11-3-1-2-4-12(11)23-17(25)10-8-21-24-14(15(19)20)7-13(9-5-6-9)22-16(10)24/h1-4,7-9,15H,5-6H2,(H,23,25). The molecular formula is C17H13BrF2N4O. The van der Waals surface area contributed by atoms with E-state index in [-0.39, 0.29) is 22.8 Å². The number of rotatable bonds is 4. The first kappa shape index (κ1) is 16.1. The number of anilines is 1. The van der Waals surface area contributed by atoms with Gasteiger partial charge in [-0.25, -0.2) is 18.3 Å². The molecule has 0 spiro atoms. The van der Waals surface area contributed by atoms with E-state index in [2.05, 4.69) is 31.3 Å². The summed E-state index contributed by atoms with van der Waals surface area (Å²) in [6, 6.07) is 8.53. The topological polar surface area (TPSA) is 59.3 Å². The Hall–Kier alpha value is -2.35. The van der Waals surface area contributed by atoms with Crippen LogP contribution in [0.25, 0.3) is 5.65 Å². The fourth-order valence-electron chi connectivity index (χ4n) is 2.66. The van der Waals surface area contributed by atoms with Crippen LogP contribution in [0, 0.1) is 0 Å². The Morgan fingerprint density at radius 2 is 2.08 bits per heavy atom. The monoisotopic (exact) mass is 406 g/mol. The molecule has 5 nitrogen and oxygen atoms in total. The molecule has 4 rings (SSSR count). The predicted octanol–water partition coefficient (Wildman–Crippen LogP) is 4.56. The van der Waals surface area contributed by atoms with Crippen molar-refractivity contribution in [3.05, 3.63) is 58.0 Å². The van der Waals surface area contributed by atoms with Gasteiger partial charge < -0.3 is 5.32 Å². The number of hydrogen-bond acceptors (Lipinski definition) is 3. The zero-order chi connectivity index (χ0) is 17.6. The number of alkyl halides is 2. The molecule has 1 saturated carbocycles. The van der Waals surface area contributed by atoms with Crippen LogP contribution < -0.4 is 5.32 Å². The van der Waals surface area contributed by atoms with Gasteiger partial charge in [0, 0.05) is 16.1 Å². The number of aromatic nitrogens is 3. The van der Waals surface area contributed by atoms with Crippen molar-refractivity contribution in [2.75, 3.05) is 5.32 Å². The zero-order valence-electron chi connectivity index (χ0n) is 12.9. The average Bonchev–Trinajstić information content (AvgIpc) is 3.35. The first-order chi connectivity index (χ1) is 12.0. The van der Waals surface area contributed by atoms with Gasteiger partial charge in [0.2, 0.25) is 0 Å². The van der Waals surface area contributed by atoms with Crippen molar-refractivity contribution in [2.45, 2.75) is 25.2 Å². The summed E-state index contributed by atoms with van der Waals surface area (Å²) in [6.07, 6.45) is 0.440. The Kier molecular flexibility index (Phi) is 3.99. The molecule has 0 bridgehead atoms. The highest BCUT2D eigenvalue weighted by Crippen LogP contribution is 2.40. The molecule has 2 heterocycles. The summed E-state index contributed by atoms with van der Waals surface area (Å²) in [4.78, 5) is 17.0. The zero-order valence-corrected chi connectivity index (χ0v) is 14.5. The molecule has 1 N–H and O–H groups in total. The van der Waals surface area contributed by atoms with E-state index in [1.165, 1.54) is 12.3 Å². The largest absolute Gasteiger partial charge is 0.321 e. The molecule has 0 atom stereocenters. The summed E-state index contributed by atoms with van der Waals surface area (Å²) in [6.45, 7) is 0. The SMILES string of the molecule is O=C(Nc1ccccc1Br)c1cnn2c(C(F)F)cc(C3CC3)nc12. The number of nitrogens with one attached hydrogen (secondary N) is 1. The van der Waals surface area contributed by atoms with Crippen LogP contribution in [0.1, 0.15) is 46.9 Å². The highest BCUT2D eigenvalue weighted by Gasteiger charge is 2.29. The summed E-state index contributed by atoms with van der Waals surface area (Å²) in [5.41, 5.74) is 1.26. The third-order valence-electron chi connectivity index (χ3n) is 4.11. The number of fused-ring (bicyclic) bond motifs is 1. The summed E-state index contributed by atoms with van der Waals surface area (Å²) in [5.74, 6) is -0.251. The predicted molar refractivity (Wildman–Crippen MR) is 92.0 cm³/mol. The Bertz CT molecular complexity index is 968. The highest BCUT2D eigenvalue weighted by atomic mass is 79.9. The Morgan fingerprint density at radius 3 is 2.76 bits per heavy atom. The van der Waals surface area contributed by atoms with Gasteiger partial charge in [-0.2, -0.15) is 5.10 Å². The second-order valence-corrected chi connectivity index (χ2v) is 6.76. The molecule has 1 amide bonds. The van der Waals surface area contributed by atoms with Gasteiger partial charge >= 0.3 is 0 Å². The fourth-order valence-corrected chi connectivity index (χ4v) is 3.05. The molecule has 128 valence electrons. The van der Waals surface area contributed by atoms with Crippen molar-refractivity contribution >= 4 is 33.2 Å². The van der Waals surface area contributed by atoms with Gasteiger partial charge in [0.1, 0.15) is 11.3 Å². The van der Waals surface area contributed by atoms with Crippen LogP contribution >= 0.6 is 15.9 Å². The van der Waals surface area contributed by atoms with Crippen LogP contribution in [-0.2, 0) is 0 Å². The van der Waals surface area contributed by atoms with Crippen LogP contribution in [0.2, 0.25) is 0 Å². The maximum Gasteiger partial charge on any atom is 0.280 e. The summed E-state index contributed by atoms with van der Waals surface area (Å²) >= 11 is 3.36. The first-order valence-electron chi connectivity index (χ1n) is 7.77. The van der Waals surface area contributed by atoms with Gasteiger partial charge in [0.05, 0.1) is 11.9 Å². The molecule has 3 aromatic rings. The number of hydrogen-bond donors (Lipinski definition) is 1. The summed E-state index contributed by atoms with van der Waals surface area (Å²) in [5, 5.41) is 6.70. The van der Waals surface area contributed by atoms with E-state index < -0.39 is 12.3 Å². The smallest absolute Gasteiger partial charge is 0.280 e. The average molecular weight is 407 g/mol. The minimum absolute atomic E-state index is 0.157. The number of benzene rings is 1. The van der Waals surface area contributed by atoms with Crippen LogP contribution in [0.3, 0.4) is 0 Å². The van der Waals surface area contributed by atoms with Gasteiger partial charge in [-0.05, 0) is 47.0 Å². The normalized spacial score (nSPS) is 14.2. The first-order valence-corrected chi connectivity index (χ1v) is 8.56. The van der Waals surface area contributed by atoms with Crippen molar-refractivity contribution in [1.29, 1.82) is 0 Å². The third kappa shape index (κ3) is 3.02. The molecule has 1 aromatic carbocycles. The molecule has 25 heavy (non-hydrogen) atoms. The summed E-state index contributed by atoms with van der Waals surface area (Å²) in [7, 11) is 0.